The van der Waals surface area contributed by atoms with E-state index in [4.69, 9.17) is 22.4 Å². The van der Waals surface area contributed by atoms with Gasteiger partial charge in [0.05, 0.1) is 32.5 Å². The minimum Gasteiger partial charge on any atom is -0.394 e. The van der Waals surface area contributed by atoms with Crippen LogP contribution in [0.3, 0.4) is 0 Å². The Hall–Kier alpha value is -1.38. The molecular weight excluding hydrogens is 390 g/mol. The van der Waals surface area contributed by atoms with Crippen molar-refractivity contribution < 1.29 is 27.5 Å². The highest BCUT2D eigenvalue weighted by Gasteiger charge is 2.53. The van der Waals surface area contributed by atoms with Crippen LogP contribution in [-0.2, 0) is 22.4 Å². The van der Waals surface area contributed by atoms with E-state index >= 15 is 0 Å². The van der Waals surface area contributed by atoms with Crippen molar-refractivity contribution in [2.24, 2.45) is 0 Å². The zero-order valence-electron chi connectivity index (χ0n) is 15.7. The average molecular weight is 415 g/mol. The number of aromatic amines is 1. The summed E-state index contributed by atoms with van der Waals surface area (Å²) in [4.78, 5) is 28.3. The van der Waals surface area contributed by atoms with E-state index in [1.807, 2.05) is 0 Å². The molecule has 0 radical (unpaired) electrons. The molecule has 0 saturated carbocycles. The summed E-state index contributed by atoms with van der Waals surface area (Å²) in [7, 11) is -3.38. The Morgan fingerprint density at radius 1 is 1.21 bits per heavy atom. The molecule has 5 rings (SSSR count). The molecule has 1 aromatic heterocycles. The van der Waals surface area contributed by atoms with Gasteiger partial charge in [-0.15, -0.1) is 0 Å². The molecule has 5 heterocycles. The molecule has 156 valence electrons. The largest absolute Gasteiger partial charge is 0.680 e. The normalized spacial score (nSPS) is 36.1. The van der Waals surface area contributed by atoms with E-state index in [1.54, 1.807) is 6.92 Å². The van der Waals surface area contributed by atoms with Gasteiger partial charge in [0, 0.05) is 37.8 Å². The number of hydrogen-bond donors (Lipinski definition) is 2. The first kappa shape index (κ1) is 19.9. The third-order valence-electron chi connectivity index (χ3n) is 5.17. The second-order valence-electron chi connectivity index (χ2n) is 7.07. The van der Waals surface area contributed by atoms with E-state index in [0.717, 1.165) is 19.6 Å². The number of fused-ring (bicyclic) bond motifs is 6. The Morgan fingerprint density at radius 3 is 2.46 bits per heavy atom. The van der Waals surface area contributed by atoms with E-state index in [9.17, 15) is 14.7 Å². The Balaban J connectivity index is 1.53. The van der Waals surface area contributed by atoms with Crippen molar-refractivity contribution >= 4 is 9.05 Å². The molecule has 0 aromatic carbocycles. The second-order valence-corrected chi connectivity index (χ2v) is 9.17. The number of aromatic nitrogens is 2. The fraction of sp³-hybridized carbons (Fsp3) is 0.750. The minimum absolute atomic E-state index is 0.285. The molecule has 28 heavy (non-hydrogen) atoms. The van der Waals surface area contributed by atoms with Gasteiger partial charge in [0.2, 0.25) is 0 Å². The molecule has 0 aliphatic carbocycles. The van der Waals surface area contributed by atoms with Crippen molar-refractivity contribution in [3.63, 3.8) is 0 Å². The number of nitrogens with zero attached hydrogens (tertiary/aromatic N) is 2. The first-order valence-electron chi connectivity index (χ1n) is 9.40. The Kier molecular flexibility index (Phi) is 5.80. The molecule has 0 unspecified atom stereocenters. The molecule has 11 nitrogen and oxygen atoms in total. The van der Waals surface area contributed by atoms with Crippen LogP contribution < -0.4 is 11.2 Å². The van der Waals surface area contributed by atoms with Crippen LogP contribution in [0.15, 0.2) is 15.8 Å². The summed E-state index contributed by atoms with van der Waals surface area (Å²) in [6.45, 7) is 4.96. The van der Waals surface area contributed by atoms with Crippen LogP contribution in [0.25, 0.3) is 0 Å². The standard InChI is InChI=1S/C16H25N3O8Si/c1-11-9-19(16(22)17-15(11)21)14-8-12(13(10-20)26-14)27-28-23-5-2-18(3-6-24-28)4-7-25-28/h9,12-14,20H,2-8,10H2,1H3,(H,17,21,22)/t12-,13+,14+/m0/s1. The van der Waals surface area contributed by atoms with Gasteiger partial charge in [0.15, 0.2) is 0 Å². The summed E-state index contributed by atoms with van der Waals surface area (Å²) in [5.41, 5.74) is -0.625. The van der Waals surface area contributed by atoms with Gasteiger partial charge in [-0.25, -0.2) is 4.79 Å². The molecule has 3 atom stereocenters. The van der Waals surface area contributed by atoms with Crippen LogP contribution in [0.2, 0.25) is 0 Å². The van der Waals surface area contributed by atoms with Gasteiger partial charge in [-0.2, -0.15) is 0 Å². The number of ether oxygens (including phenoxy) is 1. The molecule has 4 aliphatic heterocycles. The molecule has 0 amide bonds. The Morgan fingerprint density at radius 2 is 1.86 bits per heavy atom. The van der Waals surface area contributed by atoms with E-state index in [1.165, 1.54) is 10.8 Å². The zero-order valence-corrected chi connectivity index (χ0v) is 16.7. The molecule has 2 bridgehead atoms. The average Bonchev–Trinajstić information content (AvgIpc) is 3.01. The lowest BCUT2D eigenvalue weighted by Gasteiger charge is -2.38. The fourth-order valence-corrected chi connectivity index (χ4v) is 5.70. The molecule has 1 aromatic rings. The highest BCUT2D eigenvalue weighted by atomic mass is 28.4. The van der Waals surface area contributed by atoms with Gasteiger partial charge < -0.3 is 27.5 Å². The van der Waals surface area contributed by atoms with Gasteiger partial charge in [0.25, 0.3) is 5.56 Å². The van der Waals surface area contributed by atoms with Gasteiger partial charge in [-0.05, 0) is 6.92 Å². The van der Waals surface area contributed by atoms with Crippen LogP contribution in [0.5, 0.6) is 0 Å². The fourth-order valence-electron chi connectivity index (χ4n) is 3.61. The maximum absolute atomic E-state index is 12.2. The number of hydrogen-bond acceptors (Lipinski definition) is 9. The number of nitrogens with one attached hydrogen (secondary N) is 1. The highest BCUT2D eigenvalue weighted by Crippen LogP contribution is 2.33. The maximum Gasteiger partial charge on any atom is 0.680 e. The predicted molar refractivity (Wildman–Crippen MR) is 96.6 cm³/mol. The molecular formula is C16H25N3O8Si. The van der Waals surface area contributed by atoms with E-state index in [0.29, 0.717) is 25.4 Å². The third kappa shape index (κ3) is 4.00. The first-order chi connectivity index (χ1) is 13.5. The highest BCUT2D eigenvalue weighted by molar-refractivity contribution is 6.53. The number of aryl methyl sites for hydroxylation is 1. The van der Waals surface area contributed by atoms with Crippen LogP contribution in [0.4, 0.5) is 0 Å². The van der Waals surface area contributed by atoms with Crippen molar-refractivity contribution in [3.05, 3.63) is 32.6 Å². The predicted octanol–water partition coefficient (Wildman–Crippen LogP) is -1.68. The van der Waals surface area contributed by atoms with Crippen molar-refractivity contribution in [2.45, 2.75) is 31.8 Å². The summed E-state index contributed by atoms with van der Waals surface area (Å²) in [6, 6.07) is 0. The van der Waals surface area contributed by atoms with Gasteiger partial charge in [0.1, 0.15) is 12.3 Å². The van der Waals surface area contributed by atoms with Gasteiger partial charge >= 0.3 is 14.7 Å². The number of rotatable bonds is 4. The first-order valence-corrected chi connectivity index (χ1v) is 11.0. The Bertz CT molecular complexity index is 787. The van der Waals surface area contributed by atoms with Gasteiger partial charge in [-0.3, -0.25) is 19.2 Å². The summed E-state index contributed by atoms with van der Waals surface area (Å²) >= 11 is 0. The summed E-state index contributed by atoms with van der Waals surface area (Å²) < 4.78 is 30.9. The van der Waals surface area contributed by atoms with Crippen LogP contribution in [0, 0.1) is 6.92 Å². The summed E-state index contributed by atoms with van der Waals surface area (Å²) in [6.07, 6.45) is -0.200. The Labute approximate surface area is 162 Å². The smallest absolute Gasteiger partial charge is 0.394 e. The number of aliphatic hydroxyl groups is 1. The minimum atomic E-state index is -3.38. The topological polar surface area (TPSA) is 124 Å². The number of H-pyrrole nitrogens is 1. The molecule has 0 spiro atoms. The van der Waals surface area contributed by atoms with Crippen molar-refractivity contribution in [1.29, 1.82) is 0 Å². The monoisotopic (exact) mass is 415 g/mol. The summed E-state index contributed by atoms with van der Waals surface area (Å²) in [5.74, 6) is 0. The van der Waals surface area contributed by atoms with Crippen LogP contribution >= 0.6 is 0 Å². The van der Waals surface area contributed by atoms with Crippen molar-refractivity contribution in [1.82, 2.24) is 14.5 Å². The van der Waals surface area contributed by atoms with Crippen LogP contribution in [-0.4, -0.2) is 86.9 Å². The lowest BCUT2D eigenvalue weighted by atomic mass is 10.2. The lowest BCUT2D eigenvalue weighted by molar-refractivity contribution is -0.106. The molecule has 4 aliphatic rings. The van der Waals surface area contributed by atoms with Gasteiger partial charge in [-0.1, -0.05) is 0 Å². The maximum atomic E-state index is 12.2. The zero-order chi connectivity index (χ0) is 19.7. The molecule has 2 N–H and O–H groups in total. The van der Waals surface area contributed by atoms with Crippen molar-refractivity contribution in [3.8, 4) is 0 Å². The van der Waals surface area contributed by atoms with E-state index in [-0.39, 0.29) is 13.0 Å². The molecule has 12 heteroatoms. The number of aliphatic hydroxyl groups excluding tert-OH is 1. The quantitative estimate of drug-likeness (QED) is 0.555. The lowest BCUT2D eigenvalue weighted by Crippen LogP contribution is -2.59. The van der Waals surface area contributed by atoms with Crippen LogP contribution in [0.1, 0.15) is 18.2 Å². The van der Waals surface area contributed by atoms with E-state index in [2.05, 4.69) is 9.88 Å². The molecule has 4 saturated heterocycles. The van der Waals surface area contributed by atoms with Crippen molar-refractivity contribution in [2.75, 3.05) is 46.1 Å². The SMILES string of the molecule is Cc1cn([C@H]2C[C@H](O[Si]34OCCN(CCO3)CCO4)[C@@H](CO)O2)c(=O)[nH]c1=O. The third-order valence-corrected chi connectivity index (χ3v) is 7.44. The second kappa shape index (κ2) is 8.16. The summed E-state index contributed by atoms with van der Waals surface area (Å²) in [5, 5.41) is 9.76. The molecule has 4 fully saturated rings. The van der Waals surface area contributed by atoms with E-state index < -0.39 is 38.7 Å².